The van der Waals surface area contributed by atoms with Gasteiger partial charge in [0.15, 0.2) is 0 Å². The number of aromatic nitrogens is 2. The molecule has 5 nitrogen and oxygen atoms in total. The quantitative estimate of drug-likeness (QED) is 0.257. The van der Waals surface area contributed by atoms with Crippen LogP contribution in [0.4, 0.5) is 0 Å². The van der Waals surface area contributed by atoms with Gasteiger partial charge in [-0.1, -0.05) is 72.8 Å². The van der Waals surface area contributed by atoms with Gasteiger partial charge in [-0.3, -0.25) is 0 Å². The van der Waals surface area contributed by atoms with Crippen LogP contribution < -0.4 is 0 Å². The summed E-state index contributed by atoms with van der Waals surface area (Å²) in [5.41, 5.74) is 8.29. The second kappa shape index (κ2) is 10.7. The number of benzene rings is 4. The molecule has 0 saturated heterocycles. The van der Waals surface area contributed by atoms with Crippen LogP contribution in [0.2, 0.25) is 0 Å². The molecule has 1 heterocycles. The van der Waals surface area contributed by atoms with Gasteiger partial charge in [-0.15, -0.1) is 0 Å². The Kier molecular flexibility index (Phi) is 6.90. The van der Waals surface area contributed by atoms with E-state index in [-0.39, 0.29) is 6.10 Å². The Balaban J connectivity index is 1.47. The van der Waals surface area contributed by atoms with Crippen LogP contribution in [0.1, 0.15) is 34.1 Å². The number of hydrogen-bond acceptors (Lipinski definition) is 4. The number of imidazole rings is 1. The maximum absolute atomic E-state index is 9.54. The van der Waals surface area contributed by atoms with Crippen LogP contribution >= 0.6 is 0 Å². The molecule has 0 aliphatic carbocycles. The average molecular weight is 481 g/mol. The van der Waals surface area contributed by atoms with E-state index >= 15 is 0 Å². The van der Waals surface area contributed by atoms with E-state index in [0.717, 1.165) is 39.1 Å². The van der Waals surface area contributed by atoms with Crippen molar-refractivity contribution in [3.8, 4) is 34.4 Å². The van der Waals surface area contributed by atoms with E-state index in [1.165, 1.54) is 0 Å². The Labute approximate surface area is 216 Å². The van der Waals surface area contributed by atoms with E-state index in [1.807, 2.05) is 60.1 Å². The molecule has 0 aliphatic heterocycles. The average Bonchev–Trinajstić information content (AvgIpc) is 3.39. The highest BCUT2D eigenvalue weighted by Gasteiger charge is 2.19. The number of hydrogen-bond donors (Lipinski definition) is 0. The van der Waals surface area contributed by atoms with E-state index in [0.29, 0.717) is 17.7 Å². The van der Waals surface area contributed by atoms with Gasteiger partial charge < -0.3 is 9.30 Å². The van der Waals surface area contributed by atoms with Gasteiger partial charge in [0.05, 0.1) is 48.1 Å². The minimum absolute atomic E-state index is 0.331. The summed E-state index contributed by atoms with van der Waals surface area (Å²) in [5.74, 6) is 0. The van der Waals surface area contributed by atoms with E-state index in [1.54, 1.807) is 24.7 Å². The van der Waals surface area contributed by atoms with Crippen molar-refractivity contribution < 1.29 is 4.74 Å². The van der Waals surface area contributed by atoms with E-state index in [9.17, 15) is 10.5 Å². The Morgan fingerprint density at radius 2 is 1.43 bits per heavy atom. The maximum Gasteiger partial charge on any atom is 0.124 e. The highest BCUT2D eigenvalue weighted by molar-refractivity contribution is 5.73. The molecule has 0 bridgehead atoms. The predicted octanol–water partition coefficient (Wildman–Crippen LogP) is 6.80. The number of ether oxygens (including phenoxy) is 1. The lowest BCUT2D eigenvalue weighted by Gasteiger charge is -2.20. The molecule has 37 heavy (non-hydrogen) atoms. The van der Waals surface area contributed by atoms with Crippen LogP contribution in [0, 0.1) is 22.7 Å². The van der Waals surface area contributed by atoms with Gasteiger partial charge in [0, 0.05) is 7.05 Å². The maximum atomic E-state index is 9.54. The standard InChI is InChI=1S/C32H24N4O/c1-36-22-35-20-31(36)32(28-10-7-23(18-33)8-11-28)37-21-29-12-9-24(19-34)17-30(29)27-15-13-26(14-16-27)25-5-3-2-4-6-25/h2-17,20,22,32H,21H2,1H3. The van der Waals surface area contributed by atoms with Crippen molar-refractivity contribution in [2.24, 2.45) is 7.05 Å². The summed E-state index contributed by atoms with van der Waals surface area (Å²) in [5, 5.41) is 18.7. The van der Waals surface area contributed by atoms with Crippen LogP contribution in [-0.2, 0) is 18.4 Å². The molecule has 0 spiro atoms. The fourth-order valence-corrected chi connectivity index (χ4v) is 4.39. The van der Waals surface area contributed by atoms with Crippen molar-refractivity contribution in [1.82, 2.24) is 9.55 Å². The molecule has 4 aromatic carbocycles. The third-order valence-electron chi connectivity index (χ3n) is 6.41. The molecule has 5 heteroatoms. The van der Waals surface area contributed by atoms with Crippen molar-refractivity contribution in [2.75, 3.05) is 0 Å². The molecule has 0 amide bonds. The number of nitrogens with zero attached hydrogens (tertiary/aromatic N) is 4. The van der Waals surface area contributed by atoms with Gasteiger partial charge in [0.1, 0.15) is 6.10 Å². The molecule has 1 unspecified atom stereocenters. The van der Waals surface area contributed by atoms with Gasteiger partial charge >= 0.3 is 0 Å². The zero-order chi connectivity index (χ0) is 25.6. The van der Waals surface area contributed by atoms with Crippen LogP contribution in [0.15, 0.2) is 110 Å². The van der Waals surface area contributed by atoms with E-state index in [4.69, 9.17) is 4.74 Å². The first-order valence-corrected chi connectivity index (χ1v) is 11.9. The summed E-state index contributed by atoms with van der Waals surface area (Å²) >= 11 is 0. The topological polar surface area (TPSA) is 74.6 Å². The van der Waals surface area contributed by atoms with Gasteiger partial charge in [0.2, 0.25) is 0 Å². The minimum atomic E-state index is -0.371. The monoisotopic (exact) mass is 480 g/mol. The van der Waals surface area contributed by atoms with Crippen molar-refractivity contribution in [2.45, 2.75) is 12.7 Å². The SMILES string of the molecule is Cn1cncc1C(OCc1ccc(C#N)cc1-c1ccc(-c2ccccc2)cc1)c1ccc(C#N)cc1. The molecule has 178 valence electrons. The zero-order valence-corrected chi connectivity index (χ0v) is 20.4. The lowest BCUT2D eigenvalue weighted by Crippen LogP contribution is -2.11. The molecule has 0 N–H and O–H groups in total. The largest absolute Gasteiger partial charge is 0.362 e. The lowest BCUT2D eigenvalue weighted by molar-refractivity contribution is 0.0624. The van der Waals surface area contributed by atoms with Crippen molar-refractivity contribution in [1.29, 1.82) is 10.5 Å². The highest BCUT2D eigenvalue weighted by atomic mass is 16.5. The van der Waals surface area contributed by atoms with Crippen LogP contribution in [0.25, 0.3) is 22.3 Å². The van der Waals surface area contributed by atoms with E-state index < -0.39 is 0 Å². The second-order valence-electron chi connectivity index (χ2n) is 8.78. The second-order valence-corrected chi connectivity index (χ2v) is 8.78. The minimum Gasteiger partial charge on any atom is -0.362 e. The normalized spacial score (nSPS) is 11.4. The lowest BCUT2D eigenvalue weighted by atomic mass is 9.95. The first-order valence-electron chi connectivity index (χ1n) is 11.9. The molecular formula is C32H24N4O. The van der Waals surface area contributed by atoms with Crippen LogP contribution in [-0.4, -0.2) is 9.55 Å². The summed E-state index contributed by atoms with van der Waals surface area (Å²) in [6.07, 6.45) is 3.17. The molecular weight excluding hydrogens is 456 g/mol. The molecule has 5 aromatic rings. The Bertz CT molecular complexity index is 1590. The predicted molar refractivity (Wildman–Crippen MR) is 143 cm³/mol. The Morgan fingerprint density at radius 3 is 2.08 bits per heavy atom. The molecule has 5 rings (SSSR count). The van der Waals surface area contributed by atoms with E-state index in [2.05, 4.69) is 53.5 Å². The number of rotatable bonds is 7. The molecule has 0 radical (unpaired) electrons. The van der Waals surface area contributed by atoms with Crippen molar-refractivity contribution in [3.63, 3.8) is 0 Å². The molecule has 1 atom stereocenters. The van der Waals surface area contributed by atoms with Crippen LogP contribution in [0.5, 0.6) is 0 Å². The van der Waals surface area contributed by atoms with Crippen molar-refractivity contribution >= 4 is 0 Å². The Morgan fingerprint density at radius 1 is 0.784 bits per heavy atom. The summed E-state index contributed by atoms with van der Waals surface area (Å²) in [6, 6.07) is 36.1. The Hall–Kier alpha value is -4.97. The third kappa shape index (κ3) is 5.18. The number of nitriles is 2. The number of aryl methyl sites for hydroxylation is 1. The zero-order valence-electron chi connectivity index (χ0n) is 20.4. The molecule has 1 aromatic heterocycles. The summed E-state index contributed by atoms with van der Waals surface area (Å²) in [7, 11) is 1.93. The molecule has 0 aliphatic rings. The summed E-state index contributed by atoms with van der Waals surface area (Å²) in [6.45, 7) is 0.331. The first-order chi connectivity index (χ1) is 18.2. The fraction of sp³-hybridized carbons (Fsp3) is 0.0938. The third-order valence-corrected chi connectivity index (χ3v) is 6.41. The summed E-state index contributed by atoms with van der Waals surface area (Å²) in [4.78, 5) is 4.27. The van der Waals surface area contributed by atoms with Gasteiger partial charge in [0.25, 0.3) is 0 Å². The summed E-state index contributed by atoms with van der Waals surface area (Å²) < 4.78 is 8.45. The van der Waals surface area contributed by atoms with Gasteiger partial charge in [-0.25, -0.2) is 4.98 Å². The van der Waals surface area contributed by atoms with Crippen molar-refractivity contribution in [3.05, 3.63) is 138 Å². The van der Waals surface area contributed by atoms with Crippen LogP contribution in [0.3, 0.4) is 0 Å². The fourth-order valence-electron chi connectivity index (χ4n) is 4.39. The molecule has 0 fully saturated rings. The highest BCUT2D eigenvalue weighted by Crippen LogP contribution is 2.32. The molecule has 0 saturated carbocycles. The van der Waals surface area contributed by atoms with Gasteiger partial charge in [-0.2, -0.15) is 10.5 Å². The first kappa shape index (κ1) is 23.8. The van der Waals surface area contributed by atoms with Gasteiger partial charge in [-0.05, 0) is 57.6 Å². The smallest absolute Gasteiger partial charge is 0.124 e.